The van der Waals surface area contributed by atoms with Crippen LogP contribution in [0.15, 0.2) is 41.3 Å². The van der Waals surface area contributed by atoms with Gasteiger partial charge in [0.1, 0.15) is 5.69 Å². The number of pyridine rings is 1. The molecule has 0 unspecified atom stereocenters. The van der Waals surface area contributed by atoms with Crippen LogP contribution in [0.25, 0.3) is 0 Å². The average Bonchev–Trinajstić information content (AvgIpc) is 2.90. The first-order valence-electron chi connectivity index (χ1n) is 5.54. The maximum atomic E-state index is 12.1. The standard InChI is InChI=1S/C13H12N2O4/c1-15(7-9-4-5-19-8-9)12(16)10-2-3-11(13(17)18)14-6-10/h2-6,8H,7H2,1H3,(H,17,18). The molecule has 19 heavy (non-hydrogen) atoms. The van der Waals surface area contributed by atoms with E-state index in [1.165, 1.54) is 29.5 Å². The Hall–Kier alpha value is -2.63. The molecule has 0 bridgehead atoms. The van der Waals surface area contributed by atoms with Crippen LogP contribution in [0.1, 0.15) is 26.4 Å². The highest BCUT2D eigenvalue weighted by Gasteiger charge is 2.14. The monoisotopic (exact) mass is 260 g/mol. The summed E-state index contributed by atoms with van der Waals surface area (Å²) in [6, 6.07) is 4.53. The fourth-order valence-corrected chi connectivity index (χ4v) is 1.60. The summed E-state index contributed by atoms with van der Waals surface area (Å²) in [6.07, 6.45) is 4.37. The van der Waals surface area contributed by atoms with Crippen molar-refractivity contribution >= 4 is 11.9 Å². The van der Waals surface area contributed by atoms with Crippen molar-refractivity contribution < 1.29 is 19.1 Å². The molecule has 0 aromatic carbocycles. The minimum absolute atomic E-state index is 0.0889. The van der Waals surface area contributed by atoms with Crippen molar-refractivity contribution in [1.82, 2.24) is 9.88 Å². The second-order valence-electron chi connectivity index (χ2n) is 4.03. The highest BCUT2D eigenvalue weighted by atomic mass is 16.4. The smallest absolute Gasteiger partial charge is 0.354 e. The van der Waals surface area contributed by atoms with Crippen molar-refractivity contribution in [3.63, 3.8) is 0 Å². The van der Waals surface area contributed by atoms with Crippen LogP contribution >= 0.6 is 0 Å². The van der Waals surface area contributed by atoms with E-state index >= 15 is 0 Å². The Labute approximate surface area is 109 Å². The van der Waals surface area contributed by atoms with E-state index in [4.69, 9.17) is 9.52 Å². The minimum Gasteiger partial charge on any atom is -0.477 e. The molecule has 0 saturated heterocycles. The number of hydrogen-bond acceptors (Lipinski definition) is 4. The number of hydrogen-bond donors (Lipinski definition) is 1. The van der Waals surface area contributed by atoms with Crippen LogP contribution in [0.5, 0.6) is 0 Å². The van der Waals surface area contributed by atoms with Gasteiger partial charge >= 0.3 is 5.97 Å². The lowest BCUT2D eigenvalue weighted by molar-refractivity contribution is 0.0688. The van der Waals surface area contributed by atoms with Crippen molar-refractivity contribution in [1.29, 1.82) is 0 Å². The third-order valence-electron chi connectivity index (χ3n) is 2.58. The number of aromatic carboxylic acids is 1. The summed E-state index contributed by atoms with van der Waals surface area (Å²) < 4.78 is 4.93. The predicted molar refractivity (Wildman–Crippen MR) is 65.7 cm³/mol. The van der Waals surface area contributed by atoms with Gasteiger partial charge in [-0.1, -0.05) is 0 Å². The molecule has 2 aromatic heterocycles. The summed E-state index contributed by atoms with van der Waals surface area (Å²) in [5.74, 6) is -1.35. The Kier molecular flexibility index (Phi) is 3.61. The summed E-state index contributed by atoms with van der Waals surface area (Å²) in [7, 11) is 1.65. The Morgan fingerprint density at radius 2 is 2.16 bits per heavy atom. The van der Waals surface area contributed by atoms with E-state index in [0.29, 0.717) is 12.1 Å². The van der Waals surface area contributed by atoms with Gasteiger partial charge in [-0.15, -0.1) is 0 Å². The number of aromatic nitrogens is 1. The number of carboxylic acids is 1. The lowest BCUT2D eigenvalue weighted by Crippen LogP contribution is -2.26. The lowest BCUT2D eigenvalue weighted by atomic mass is 10.2. The van der Waals surface area contributed by atoms with E-state index in [9.17, 15) is 9.59 Å². The second kappa shape index (κ2) is 5.34. The topological polar surface area (TPSA) is 83.6 Å². The molecule has 0 saturated carbocycles. The molecule has 0 radical (unpaired) electrons. The van der Waals surface area contributed by atoms with Crippen LogP contribution in [0.4, 0.5) is 0 Å². The number of furan rings is 1. The molecule has 0 spiro atoms. The maximum Gasteiger partial charge on any atom is 0.354 e. The van der Waals surface area contributed by atoms with Crippen molar-refractivity contribution in [3.8, 4) is 0 Å². The van der Waals surface area contributed by atoms with Gasteiger partial charge in [0, 0.05) is 25.4 Å². The molecule has 0 fully saturated rings. The lowest BCUT2D eigenvalue weighted by Gasteiger charge is -2.15. The van der Waals surface area contributed by atoms with Crippen molar-refractivity contribution in [2.24, 2.45) is 0 Å². The van der Waals surface area contributed by atoms with Crippen molar-refractivity contribution in [2.75, 3.05) is 7.05 Å². The Morgan fingerprint density at radius 3 is 2.68 bits per heavy atom. The summed E-state index contributed by atoms with van der Waals surface area (Å²) in [4.78, 5) is 27.9. The van der Waals surface area contributed by atoms with Crippen LogP contribution < -0.4 is 0 Å². The van der Waals surface area contributed by atoms with Gasteiger partial charge in [-0.05, 0) is 18.2 Å². The summed E-state index contributed by atoms with van der Waals surface area (Å²) >= 11 is 0. The Bertz CT molecular complexity index is 575. The van der Waals surface area contributed by atoms with E-state index in [1.807, 2.05) is 0 Å². The minimum atomic E-state index is -1.12. The molecule has 1 N–H and O–H groups in total. The van der Waals surface area contributed by atoms with E-state index in [0.717, 1.165) is 5.56 Å². The molecule has 1 amide bonds. The molecule has 98 valence electrons. The molecule has 0 aliphatic heterocycles. The zero-order valence-corrected chi connectivity index (χ0v) is 10.2. The average molecular weight is 260 g/mol. The van der Waals surface area contributed by atoms with Gasteiger partial charge in [0.15, 0.2) is 0 Å². The fraction of sp³-hybridized carbons (Fsp3) is 0.154. The molecular formula is C13H12N2O4. The zero-order chi connectivity index (χ0) is 13.8. The Balaban J connectivity index is 2.08. The molecule has 2 aromatic rings. The third kappa shape index (κ3) is 2.98. The number of nitrogens with zero attached hydrogens (tertiary/aromatic N) is 2. The van der Waals surface area contributed by atoms with E-state index in [1.54, 1.807) is 19.4 Å². The van der Waals surface area contributed by atoms with Gasteiger partial charge in [-0.25, -0.2) is 9.78 Å². The SMILES string of the molecule is CN(Cc1ccoc1)C(=O)c1ccc(C(=O)O)nc1. The van der Waals surface area contributed by atoms with Crippen LogP contribution in [0.3, 0.4) is 0 Å². The molecule has 2 heterocycles. The van der Waals surface area contributed by atoms with Crippen LogP contribution in [-0.2, 0) is 6.54 Å². The van der Waals surface area contributed by atoms with Crippen LogP contribution in [0, 0.1) is 0 Å². The van der Waals surface area contributed by atoms with Gasteiger partial charge in [0.05, 0.1) is 18.1 Å². The van der Waals surface area contributed by atoms with E-state index < -0.39 is 5.97 Å². The van der Waals surface area contributed by atoms with E-state index in [2.05, 4.69) is 4.98 Å². The van der Waals surface area contributed by atoms with Gasteiger partial charge in [0.25, 0.3) is 5.91 Å². The first kappa shape index (κ1) is 12.8. The number of carbonyl (C=O) groups is 2. The van der Waals surface area contributed by atoms with Crippen molar-refractivity contribution in [3.05, 3.63) is 53.7 Å². The number of rotatable bonds is 4. The van der Waals surface area contributed by atoms with Gasteiger partial charge in [-0.3, -0.25) is 4.79 Å². The Morgan fingerprint density at radius 1 is 1.37 bits per heavy atom. The van der Waals surface area contributed by atoms with Gasteiger partial charge < -0.3 is 14.4 Å². The highest BCUT2D eigenvalue weighted by molar-refractivity contribution is 5.94. The fourth-order valence-electron chi connectivity index (χ4n) is 1.60. The first-order valence-corrected chi connectivity index (χ1v) is 5.54. The number of carbonyl (C=O) groups excluding carboxylic acids is 1. The number of amides is 1. The normalized spacial score (nSPS) is 10.2. The highest BCUT2D eigenvalue weighted by Crippen LogP contribution is 2.08. The van der Waals surface area contributed by atoms with Gasteiger partial charge in [0.2, 0.25) is 0 Å². The van der Waals surface area contributed by atoms with Crippen LogP contribution in [0.2, 0.25) is 0 Å². The molecule has 0 atom stereocenters. The van der Waals surface area contributed by atoms with Crippen LogP contribution in [-0.4, -0.2) is 33.9 Å². The maximum absolute atomic E-state index is 12.1. The molecule has 2 rings (SSSR count). The molecule has 6 nitrogen and oxygen atoms in total. The molecule has 0 aliphatic carbocycles. The van der Waals surface area contributed by atoms with E-state index in [-0.39, 0.29) is 11.6 Å². The van der Waals surface area contributed by atoms with Gasteiger partial charge in [-0.2, -0.15) is 0 Å². The molecule has 0 aliphatic rings. The summed E-state index contributed by atoms with van der Waals surface area (Å²) in [6.45, 7) is 0.413. The zero-order valence-electron chi connectivity index (χ0n) is 10.2. The van der Waals surface area contributed by atoms with Crippen molar-refractivity contribution in [2.45, 2.75) is 6.54 Å². The largest absolute Gasteiger partial charge is 0.477 e. The first-order chi connectivity index (χ1) is 9.08. The predicted octanol–water partition coefficient (Wildman–Crippen LogP) is 1.65. The molecular weight excluding hydrogens is 248 g/mol. The quantitative estimate of drug-likeness (QED) is 0.903. The molecule has 6 heteroatoms. The number of carboxylic acid groups (broad SMARTS) is 1. The third-order valence-corrected chi connectivity index (χ3v) is 2.58. The summed E-state index contributed by atoms with van der Waals surface area (Å²) in [5.41, 5.74) is 1.14. The second-order valence-corrected chi connectivity index (χ2v) is 4.03. The summed E-state index contributed by atoms with van der Waals surface area (Å²) in [5, 5.41) is 8.73.